The van der Waals surface area contributed by atoms with E-state index in [1.54, 1.807) is 4.57 Å². The molecule has 0 fully saturated rings. The van der Waals surface area contributed by atoms with Crippen molar-refractivity contribution in [3.8, 4) is 16.3 Å². The lowest BCUT2D eigenvalue weighted by molar-refractivity contribution is 1.02. The van der Waals surface area contributed by atoms with Crippen molar-refractivity contribution < 1.29 is 0 Å². The molecule has 0 spiro atoms. The molecule has 23 heavy (non-hydrogen) atoms. The van der Waals surface area contributed by atoms with E-state index < -0.39 is 0 Å². The van der Waals surface area contributed by atoms with E-state index in [-0.39, 0.29) is 5.56 Å². The number of fused-ring (bicyclic) bond motifs is 1. The number of rotatable bonds is 2. The maximum Gasteiger partial charge on any atom is 0.282 e. The van der Waals surface area contributed by atoms with Crippen LogP contribution in [0.15, 0.2) is 70.8 Å². The molecule has 0 amide bonds. The van der Waals surface area contributed by atoms with Crippen LogP contribution >= 0.6 is 11.3 Å². The Balaban J connectivity index is 2.10. The second-order valence-electron chi connectivity index (χ2n) is 5.40. The van der Waals surface area contributed by atoms with Crippen LogP contribution < -0.4 is 5.56 Å². The third-order valence-corrected chi connectivity index (χ3v) is 4.68. The van der Waals surface area contributed by atoms with Gasteiger partial charge in [-0.05, 0) is 42.6 Å². The van der Waals surface area contributed by atoms with Gasteiger partial charge in [-0.2, -0.15) is 0 Å². The Labute approximate surface area is 137 Å². The highest BCUT2D eigenvalue weighted by Gasteiger charge is 2.14. The quantitative estimate of drug-likeness (QED) is 0.548. The SMILES string of the molecule is Cc1ccc(-n2c(=O)c(-c3cccs3)nc3ccccc32)cc1. The molecule has 0 aliphatic heterocycles. The van der Waals surface area contributed by atoms with Gasteiger partial charge < -0.3 is 0 Å². The number of thiophene rings is 1. The first-order chi connectivity index (χ1) is 11.2. The Hall–Kier alpha value is -2.72. The Kier molecular flexibility index (Phi) is 3.32. The number of aryl methyl sites for hydroxylation is 1. The average Bonchev–Trinajstić information content (AvgIpc) is 3.10. The average molecular weight is 318 g/mol. The zero-order valence-corrected chi connectivity index (χ0v) is 13.4. The summed E-state index contributed by atoms with van der Waals surface area (Å²) >= 11 is 1.53. The molecular weight excluding hydrogens is 304 g/mol. The van der Waals surface area contributed by atoms with Crippen molar-refractivity contribution in [2.45, 2.75) is 6.92 Å². The van der Waals surface area contributed by atoms with Gasteiger partial charge in [0.1, 0.15) is 5.69 Å². The monoisotopic (exact) mass is 318 g/mol. The molecular formula is C19H14N2OS. The Morgan fingerprint density at radius 2 is 1.74 bits per heavy atom. The molecule has 0 atom stereocenters. The van der Waals surface area contributed by atoms with Crippen molar-refractivity contribution in [1.82, 2.24) is 9.55 Å². The van der Waals surface area contributed by atoms with Crippen LogP contribution in [0.1, 0.15) is 5.56 Å². The normalized spacial score (nSPS) is 11.0. The molecule has 4 rings (SSSR count). The topological polar surface area (TPSA) is 34.9 Å². The summed E-state index contributed by atoms with van der Waals surface area (Å²) in [5, 5.41) is 1.96. The van der Waals surface area contributed by atoms with Gasteiger partial charge in [-0.3, -0.25) is 9.36 Å². The first-order valence-corrected chi connectivity index (χ1v) is 8.25. The molecule has 0 unspecified atom stereocenters. The smallest absolute Gasteiger partial charge is 0.273 e. The molecule has 0 saturated carbocycles. The van der Waals surface area contributed by atoms with E-state index in [9.17, 15) is 4.79 Å². The molecule has 3 nitrogen and oxygen atoms in total. The largest absolute Gasteiger partial charge is 0.282 e. The second-order valence-corrected chi connectivity index (χ2v) is 6.35. The van der Waals surface area contributed by atoms with Gasteiger partial charge in [0.2, 0.25) is 0 Å². The fourth-order valence-corrected chi connectivity index (χ4v) is 3.36. The van der Waals surface area contributed by atoms with Crippen LogP contribution in [-0.2, 0) is 0 Å². The summed E-state index contributed by atoms with van der Waals surface area (Å²) in [6, 6.07) is 19.6. The molecule has 0 bridgehead atoms. The Morgan fingerprint density at radius 3 is 2.48 bits per heavy atom. The number of nitrogens with zero attached hydrogens (tertiary/aromatic N) is 2. The van der Waals surface area contributed by atoms with Crippen LogP contribution in [0.2, 0.25) is 0 Å². The van der Waals surface area contributed by atoms with Crippen LogP contribution in [0.25, 0.3) is 27.3 Å². The van der Waals surface area contributed by atoms with Gasteiger partial charge in [0.05, 0.1) is 15.9 Å². The van der Waals surface area contributed by atoms with E-state index in [4.69, 9.17) is 0 Å². The molecule has 0 saturated heterocycles. The number of benzene rings is 2. The first kappa shape index (κ1) is 13.9. The molecule has 4 heteroatoms. The van der Waals surface area contributed by atoms with Crippen molar-refractivity contribution in [1.29, 1.82) is 0 Å². The summed E-state index contributed by atoms with van der Waals surface area (Å²) in [4.78, 5) is 18.6. The molecule has 0 radical (unpaired) electrons. The molecule has 2 aromatic carbocycles. The van der Waals surface area contributed by atoms with E-state index in [0.717, 1.165) is 21.6 Å². The summed E-state index contributed by atoms with van der Waals surface area (Å²) in [5.74, 6) is 0. The number of para-hydroxylation sites is 2. The minimum Gasteiger partial charge on any atom is -0.273 e. The standard InChI is InChI=1S/C19H14N2OS/c1-13-8-10-14(11-9-13)21-16-6-3-2-5-15(16)20-18(19(21)22)17-7-4-12-23-17/h2-12H,1H3. The van der Waals surface area contributed by atoms with Crippen LogP contribution in [0.5, 0.6) is 0 Å². The highest BCUT2D eigenvalue weighted by molar-refractivity contribution is 7.13. The summed E-state index contributed by atoms with van der Waals surface area (Å²) in [6.07, 6.45) is 0. The van der Waals surface area contributed by atoms with Crippen LogP contribution in [0.3, 0.4) is 0 Å². The van der Waals surface area contributed by atoms with Gasteiger partial charge in [-0.15, -0.1) is 11.3 Å². The van der Waals surface area contributed by atoms with Crippen LogP contribution in [0.4, 0.5) is 0 Å². The van der Waals surface area contributed by atoms with E-state index >= 15 is 0 Å². The van der Waals surface area contributed by atoms with Crippen molar-refractivity contribution in [2.75, 3.05) is 0 Å². The van der Waals surface area contributed by atoms with Crippen LogP contribution in [0, 0.1) is 6.92 Å². The predicted molar refractivity (Wildman–Crippen MR) is 95.4 cm³/mol. The molecule has 2 heterocycles. The van der Waals surface area contributed by atoms with E-state index in [1.807, 2.05) is 73.0 Å². The van der Waals surface area contributed by atoms with Gasteiger partial charge >= 0.3 is 0 Å². The lowest BCUT2D eigenvalue weighted by Crippen LogP contribution is -2.22. The highest BCUT2D eigenvalue weighted by Crippen LogP contribution is 2.23. The summed E-state index contributed by atoms with van der Waals surface area (Å²) in [5.41, 5.74) is 4.07. The molecule has 4 aromatic rings. The number of hydrogen-bond donors (Lipinski definition) is 0. The highest BCUT2D eigenvalue weighted by atomic mass is 32.1. The maximum absolute atomic E-state index is 13.1. The van der Waals surface area contributed by atoms with Crippen molar-refractivity contribution in [2.24, 2.45) is 0 Å². The summed E-state index contributed by atoms with van der Waals surface area (Å²) in [6.45, 7) is 2.04. The van der Waals surface area contributed by atoms with Crippen molar-refractivity contribution in [3.63, 3.8) is 0 Å². The van der Waals surface area contributed by atoms with Gasteiger partial charge in [-0.1, -0.05) is 35.9 Å². The minimum absolute atomic E-state index is 0.0880. The van der Waals surface area contributed by atoms with Crippen molar-refractivity contribution in [3.05, 3.63) is 82.0 Å². The first-order valence-electron chi connectivity index (χ1n) is 7.37. The van der Waals surface area contributed by atoms with E-state index in [2.05, 4.69) is 4.98 Å². The third kappa shape index (κ3) is 2.37. The van der Waals surface area contributed by atoms with Gasteiger partial charge in [0.15, 0.2) is 0 Å². The minimum atomic E-state index is -0.0880. The molecule has 0 N–H and O–H groups in total. The zero-order chi connectivity index (χ0) is 15.8. The second kappa shape index (κ2) is 5.48. The number of hydrogen-bond acceptors (Lipinski definition) is 3. The maximum atomic E-state index is 13.1. The Bertz CT molecular complexity index is 1030. The lowest BCUT2D eigenvalue weighted by atomic mass is 10.2. The van der Waals surface area contributed by atoms with E-state index in [0.29, 0.717) is 5.69 Å². The molecule has 112 valence electrons. The van der Waals surface area contributed by atoms with Gasteiger partial charge in [0.25, 0.3) is 5.56 Å². The fourth-order valence-electron chi connectivity index (χ4n) is 2.66. The zero-order valence-electron chi connectivity index (χ0n) is 12.6. The van der Waals surface area contributed by atoms with Gasteiger partial charge in [-0.25, -0.2) is 4.98 Å². The number of aromatic nitrogens is 2. The summed E-state index contributed by atoms with van der Waals surface area (Å²) in [7, 11) is 0. The fraction of sp³-hybridized carbons (Fsp3) is 0.0526. The lowest BCUT2D eigenvalue weighted by Gasteiger charge is -2.12. The molecule has 2 aromatic heterocycles. The van der Waals surface area contributed by atoms with E-state index in [1.165, 1.54) is 16.9 Å². The third-order valence-electron chi connectivity index (χ3n) is 3.81. The van der Waals surface area contributed by atoms with Gasteiger partial charge in [0, 0.05) is 5.69 Å². The summed E-state index contributed by atoms with van der Waals surface area (Å²) < 4.78 is 1.75. The predicted octanol–water partition coefficient (Wildman–Crippen LogP) is 4.42. The Morgan fingerprint density at radius 1 is 0.957 bits per heavy atom. The van der Waals surface area contributed by atoms with Crippen molar-refractivity contribution >= 4 is 22.4 Å². The molecule has 0 aliphatic rings. The molecule has 0 aliphatic carbocycles. The van der Waals surface area contributed by atoms with Crippen LogP contribution in [-0.4, -0.2) is 9.55 Å².